The van der Waals surface area contributed by atoms with Crippen LogP contribution in [0.3, 0.4) is 0 Å². The summed E-state index contributed by atoms with van der Waals surface area (Å²) in [6.45, 7) is 4.06. The third-order valence-electron chi connectivity index (χ3n) is 5.64. The highest BCUT2D eigenvalue weighted by Crippen LogP contribution is 2.29. The number of piperidine rings is 1. The quantitative estimate of drug-likeness (QED) is 0.551. The number of nitrogens with zero attached hydrogens (tertiary/aromatic N) is 7. The van der Waals surface area contributed by atoms with Gasteiger partial charge in [-0.05, 0) is 43.5 Å². The fourth-order valence-corrected chi connectivity index (χ4v) is 4.05. The van der Waals surface area contributed by atoms with Gasteiger partial charge in [-0.15, -0.1) is 10.2 Å². The molecule has 4 heterocycles. The number of rotatable bonds is 3. The summed E-state index contributed by atoms with van der Waals surface area (Å²) in [6, 6.07) is 10.9. The van der Waals surface area contributed by atoms with E-state index in [9.17, 15) is 0 Å². The zero-order valence-electron chi connectivity index (χ0n) is 16.2. The van der Waals surface area contributed by atoms with Gasteiger partial charge >= 0.3 is 0 Å². The molecule has 0 unspecified atom stereocenters. The normalized spacial score (nSPS) is 15.4. The molecule has 0 amide bonds. The summed E-state index contributed by atoms with van der Waals surface area (Å²) in [7, 11) is 1.90. The molecule has 1 aliphatic heterocycles. The fourth-order valence-electron chi connectivity index (χ4n) is 4.05. The van der Waals surface area contributed by atoms with Crippen LogP contribution in [-0.4, -0.2) is 42.8 Å². The molecule has 142 valence electrons. The van der Waals surface area contributed by atoms with Crippen molar-refractivity contribution in [2.75, 3.05) is 18.0 Å². The molecule has 0 bridgehead atoms. The number of aryl methyl sites for hydroxylation is 2. The van der Waals surface area contributed by atoms with Gasteiger partial charge in [-0.1, -0.05) is 12.1 Å². The van der Waals surface area contributed by atoms with Crippen molar-refractivity contribution >= 4 is 16.7 Å². The van der Waals surface area contributed by atoms with E-state index in [-0.39, 0.29) is 0 Å². The topological polar surface area (TPSA) is 64.7 Å². The van der Waals surface area contributed by atoms with Crippen LogP contribution in [0.4, 0.5) is 5.82 Å². The lowest BCUT2D eigenvalue weighted by Crippen LogP contribution is -2.35. The second kappa shape index (κ2) is 6.74. The van der Waals surface area contributed by atoms with Gasteiger partial charge in [0.05, 0.1) is 29.6 Å². The highest BCUT2D eigenvalue weighted by molar-refractivity contribution is 5.82. The molecule has 5 rings (SSSR count). The SMILES string of the molecule is Cc1cccc2c1cnn2C1CCN(c2ccc(-c3cnn(C)c3)nn2)CC1. The Balaban J connectivity index is 1.29. The highest BCUT2D eigenvalue weighted by Gasteiger charge is 2.23. The molecule has 4 aromatic rings. The molecule has 1 saturated heterocycles. The maximum Gasteiger partial charge on any atom is 0.151 e. The van der Waals surface area contributed by atoms with Crippen LogP contribution in [-0.2, 0) is 7.05 Å². The van der Waals surface area contributed by atoms with Crippen LogP contribution in [0.15, 0.2) is 48.9 Å². The molecule has 0 N–H and O–H groups in total. The Kier molecular flexibility index (Phi) is 4.07. The third-order valence-corrected chi connectivity index (χ3v) is 5.64. The third kappa shape index (κ3) is 2.93. The van der Waals surface area contributed by atoms with Gasteiger partial charge in [-0.25, -0.2) is 0 Å². The summed E-state index contributed by atoms with van der Waals surface area (Å²) in [6.07, 6.45) is 7.86. The molecule has 7 heteroatoms. The Labute approximate surface area is 163 Å². The van der Waals surface area contributed by atoms with Crippen molar-refractivity contribution in [1.29, 1.82) is 0 Å². The molecule has 0 aliphatic carbocycles. The predicted molar refractivity (Wildman–Crippen MR) is 109 cm³/mol. The van der Waals surface area contributed by atoms with Crippen LogP contribution < -0.4 is 4.90 Å². The highest BCUT2D eigenvalue weighted by atomic mass is 15.3. The Morgan fingerprint density at radius 2 is 1.82 bits per heavy atom. The standard InChI is InChI=1S/C21H23N7/c1-15-4-3-5-20-18(15)13-23-28(20)17-8-10-27(11-9-17)21-7-6-19(24-25-21)16-12-22-26(2)14-16/h3-7,12-14,17H,8-11H2,1-2H3. The molecule has 7 nitrogen and oxygen atoms in total. The number of fused-ring (bicyclic) bond motifs is 1. The van der Waals surface area contributed by atoms with E-state index in [1.165, 1.54) is 16.5 Å². The van der Waals surface area contributed by atoms with Gasteiger partial charge in [0.15, 0.2) is 5.82 Å². The summed E-state index contributed by atoms with van der Waals surface area (Å²) >= 11 is 0. The summed E-state index contributed by atoms with van der Waals surface area (Å²) in [5, 5.41) is 19.0. The van der Waals surface area contributed by atoms with E-state index in [4.69, 9.17) is 0 Å². The van der Waals surface area contributed by atoms with E-state index in [0.717, 1.165) is 43.0 Å². The summed E-state index contributed by atoms with van der Waals surface area (Å²) in [4.78, 5) is 2.31. The molecule has 28 heavy (non-hydrogen) atoms. The second-order valence-corrected chi connectivity index (χ2v) is 7.49. The van der Waals surface area contributed by atoms with Gasteiger partial charge in [-0.3, -0.25) is 9.36 Å². The fraction of sp³-hybridized carbons (Fsp3) is 0.333. The smallest absolute Gasteiger partial charge is 0.151 e. The van der Waals surface area contributed by atoms with Gasteiger partial charge in [0, 0.05) is 37.3 Å². The van der Waals surface area contributed by atoms with Crippen LogP contribution in [0.2, 0.25) is 0 Å². The minimum absolute atomic E-state index is 0.429. The van der Waals surface area contributed by atoms with Crippen LogP contribution in [0.5, 0.6) is 0 Å². The number of hydrogen-bond donors (Lipinski definition) is 0. The van der Waals surface area contributed by atoms with E-state index < -0.39 is 0 Å². The minimum Gasteiger partial charge on any atom is -0.355 e. The Hall–Kier alpha value is -3.22. The summed E-state index contributed by atoms with van der Waals surface area (Å²) in [5.74, 6) is 0.937. The average Bonchev–Trinajstić information content (AvgIpc) is 3.36. The first-order chi connectivity index (χ1) is 13.7. The molecular weight excluding hydrogens is 350 g/mol. The van der Waals surface area contributed by atoms with Gasteiger partial charge in [0.1, 0.15) is 0 Å². The molecule has 0 radical (unpaired) electrons. The van der Waals surface area contributed by atoms with Crippen molar-refractivity contribution in [2.45, 2.75) is 25.8 Å². The number of hydrogen-bond acceptors (Lipinski definition) is 5. The first-order valence-corrected chi connectivity index (χ1v) is 9.69. The first-order valence-electron chi connectivity index (χ1n) is 9.69. The minimum atomic E-state index is 0.429. The lowest BCUT2D eigenvalue weighted by Gasteiger charge is -2.32. The van der Waals surface area contributed by atoms with E-state index in [0.29, 0.717) is 6.04 Å². The van der Waals surface area contributed by atoms with E-state index in [1.54, 1.807) is 4.68 Å². The van der Waals surface area contributed by atoms with Crippen molar-refractivity contribution in [1.82, 2.24) is 29.8 Å². The second-order valence-electron chi connectivity index (χ2n) is 7.49. The van der Waals surface area contributed by atoms with Crippen molar-refractivity contribution in [3.05, 3.63) is 54.5 Å². The summed E-state index contributed by atoms with van der Waals surface area (Å²) < 4.78 is 3.98. The predicted octanol–water partition coefficient (Wildman–Crippen LogP) is 3.38. The lowest BCUT2D eigenvalue weighted by molar-refractivity contribution is 0.375. The molecule has 1 aromatic carbocycles. The van der Waals surface area contributed by atoms with E-state index in [2.05, 4.69) is 61.2 Å². The molecule has 0 atom stereocenters. The van der Waals surface area contributed by atoms with Crippen LogP contribution >= 0.6 is 0 Å². The largest absolute Gasteiger partial charge is 0.355 e. The number of benzene rings is 1. The monoisotopic (exact) mass is 373 g/mol. The maximum absolute atomic E-state index is 4.69. The van der Waals surface area contributed by atoms with Crippen molar-refractivity contribution in [3.63, 3.8) is 0 Å². The lowest BCUT2D eigenvalue weighted by atomic mass is 10.0. The Morgan fingerprint density at radius 3 is 2.54 bits per heavy atom. The molecule has 1 fully saturated rings. The molecule has 0 saturated carbocycles. The summed E-state index contributed by atoms with van der Waals surface area (Å²) in [5.41, 5.74) is 4.36. The Morgan fingerprint density at radius 1 is 0.964 bits per heavy atom. The van der Waals surface area contributed by atoms with Crippen molar-refractivity contribution < 1.29 is 0 Å². The maximum atomic E-state index is 4.69. The zero-order chi connectivity index (χ0) is 19.1. The number of aromatic nitrogens is 6. The number of anilines is 1. The Bertz CT molecular complexity index is 1100. The van der Waals surface area contributed by atoms with Crippen LogP contribution in [0.1, 0.15) is 24.4 Å². The molecular formula is C21H23N7. The van der Waals surface area contributed by atoms with E-state index >= 15 is 0 Å². The molecule has 0 spiro atoms. The van der Waals surface area contributed by atoms with Crippen LogP contribution in [0.25, 0.3) is 22.2 Å². The van der Waals surface area contributed by atoms with Gasteiger partial charge < -0.3 is 4.90 Å². The van der Waals surface area contributed by atoms with Gasteiger partial charge in [0.2, 0.25) is 0 Å². The van der Waals surface area contributed by atoms with Gasteiger partial charge in [0.25, 0.3) is 0 Å². The van der Waals surface area contributed by atoms with E-state index in [1.807, 2.05) is 31.7 Å². The van der Waals surface area contributed by atoms with Crippen molar-refractivity contribution in [2.24, 2.45) is 7.05 Å². The zero-order valence-corrected chi connectivity index (χ0v) is 16.2. The molecule has 3 aromatic heterocycles. The molecule has 1 aliphatic rings. The first kappa shape index (κ1) is 16.9. The van der Waals surface area contributed by atoms with Crippen molar-refractivity contribution in [3.8, 4) is 11.3 Å². The van der Waals surface area contributed by atoms with Gasteiger partial charge in [-0.2, -0.15) is 10.2 Å². The van der Waals surface area contributed by atoms with Crippen LogP contribution in [0, 0.1) is 6.92 Å². The average molecular weight is 373 g/mol.